The Kier molecular flexibility index (Phi) is 5.99. The predicted octanol–water partition coefficient (Wildman–Crippen LogP) is 0.0490. The van der Waals surface area contributed by atoms with Crippen LogP contribution in [0, 0.1) is 0 Å². The van der Waals surface area contributed by atoms with Gasteiger partial charge in [0.05, 0.1) is 0 Å². The lowest BCUT2D eigenvalue weighted by Crippen LogP contribution is -2.30. The molecule has 1 atom stereocenters. The molecule has 0 radical (unpaired) electrons. The molecule has 2 aromatic carbocycles. The molecular weight excluding hydrogens is 423 g/mol. The molecule has 1 aromatic heterocycles. The lowest BCUT2D eigenvalue weighted by molar-refractivity contribution is 0.0989. The molecule has 0 saturated carbocycles. The van der Waals surface area contributed by atoms with Gasteiger partial charge in [0, 0.05) is 29.9 Å². The zero-order valence-electron chi connectivity index (χ0n) is 17.9. The minimum Gasteiger partial charge on any atom is -0.423 e. The Balaban J connectivity index is 1.68. The van der Waals surface area contributed by atoms with Crippen LogP contribution in [0.4, 0.5) is 17.5 Å². The maximum atomic E-state index is 12.0. The summed E-state index contributed by atoms with van der Waals surface area (Å²) < 4.78 is 0. The molecule has 4 rings (SSSR count). The number of primary amides is 2. The van der Waals surface area contributed by atoms with Crippen LogP contribution in [0.2, 0.25) is 0 Å². The number of anilines is 3. The minimum atomic E-state index is -1.57. The van der Waals surface area contributed by atoms with Gasteiger partial charge in [0.2, 0.25) is 11.9 Å². The lowest BCUT2D eigenvalue weighted by atomic mass is 9.80. The molecule has 10 nitrogen and oxygen atoms in total. The molecule has 7 N–H and O–H groups in total. The maximum Gasteiger partial charge on any atom is 0.488 e. The van der Waals surface area contributed by atoms with Gasteiger partial charge in [-0.25, -0.2) is 4.98 Å². The molecule has 168 valence electrons. The Morgan fingerprint density at radius 1 is 1.12 bits per heavy atom. The van der Waals surface area contributed by atoms with E-state index >= 15 is 0 Å². The van der Waals surface area contributed by atoms with E-state index in [1.807, 2.05) is 24.0 Å². The van der Waals surface area contributed by atoms with E-state index in [1.165, 1.54) is 6.07 Å². The van der Waals surface area contributed by atoms with Gasteiger partial charge in [0.1, 0.15) is 11.5 Å². The van der Waals surface area contributed by atoms with E-state index in [4.69, 9.17) is 11.5 Å². The zero-order chi connectivity index (χ0) is 23.7. The van der Waals surface area contributed by atoms with E-state index in [-0.39, 0.29) is 17.7 Å². The van der Waals surface area contributed by atoms with Crippen molar-refractivity contribution in [3.05, 3.63) is 70.9 Å². The van der Waals surface area contributed by atoms with Crippen molar-refractivity contribution in [2.24, 2.45) is 11.5 Å². The Morgan fingerprint density at radius 2 is 1.88 bits per heavy atom. The van der Waals surface area contributed by atoms with Crippen molar-refractivity contribution in [3.63, 3.8) is 0 Å². The molecule has 1 aliphatic heterocycles. The second-order valence-electron chi connectivity index (χ2n) is 7.87. The minimum absolute atomic E-state index is 0.0359. The second kappa shape index (κ2) is 8.89. The number of carbonyl (C=O) groups excluding carboxylic acids is 2. The summed E-state index contributed by atoms with van der Waals surface area (Å²) in [7, 11) is -1.57. The fourth-order valence-corrected chi connectivity index (χ4v) is 3.99. The average Bonchev–Trinajstić information content (AvgIpc) is 3.13. The molecule has 2 amide bonds. The Bertz CT molecular complexity index is 1240. The number of rotatable bonds is 7. The Morgan fingerprint density at radius 3 is 2.58 bits per heavy atom. The summed E-state index contributed by atoms with van der Waals surface area (Å²) in [6.07, 6.45) is 0.567. The zero-order valence-corrected chi connectivity index (χ0v) is 17.9. The molecule has 3 aromatic rings. The highest BCUT2D eigenvalue weighted by atomic mass is 16.4. The number of aromatic nitrogens is 2. The third-order valence-electron chi connectivity index (χ3n) is 5.52. The van der Waals surface area contributed by atoms with Gasteiger partial charge in [-0.05, 0) is 42.1 Å². The van der Waals surface area contributed by atoms with Crippen molar-refractivity contribution in [2.45, 2.75) is 25.9 Å². The molecule has 1 unspecified atom stereocenters. The largest absolute Gasteiger partial charge is 0.488 e. The highest BCUT2D eigenvalue weighted by molar-refractivity contribution is 6.58. The smallest absolute Gasteiger partial charge is 0.423 e. The van der Waals surface area contributed by atoms with Crippen LogP contribution in [0.3, 0.4) is 0 Å². The molecule has 11 heteroatoms. The molecule has 0 aliphatic carbocycles. The first-order valence-corrected chi connectivity index (χ1v) is 10.3. The van der Waals surface area contributed by atoms with E-state index in [0.717, 1.165) is 16.8 Å². The van der Waals surface area contributed by atoms with Crippen molar-refractivity contribution in [3.8, 4) is 0 Å². The number of nitrogens with one attached hydrogen (secondary N) is 1. The van der Waals surface area contributed by atoms with Crippen LogP contribution in [-0.4, -0.2) is 45.0 Å². The summed E-state index contributed by atoms with van der Waals surface area (Å²) in [6, 6.07) is 13.4. The molecule has 33 heavy (non-hydrogen) atoms. The quantitative estimate of drug-likeness (QED) is 0.317. The molecule has 0 fully saturated rings. The lowest BCUT2D eigenvalue weighted by Gasteiger charge is -2.23. The molecule has 0 bridgehead atoms. The van der Waals surface area contributed by atoms with Crippen LogP contribution in [0.15, 0.2) is 48.5 Å². The Hall–Kier alpha value is -3.96. The van der Waals surface area contributed by atoms with Crippen molar-refractivity contribution in [1.29, 1.82) is 0 Å². The topological polar surface area (TPSA) is 168 Å². The first kappa shape index (κ1) is 22.2. The number of carbonyl (C=O) groups is 2. The Labute approximate surface area is 190 Å². The summed E-state index contributed by atoms with van der Waals surface area (Å²) >= 11 is 0. The number of hydrogen-bond acceptors (Lipinski definition) is 8. The van der Waals surface area contributed by atoms with Crippen molar-refractivity contribution in [1.82, 2.24) is 9.97 Å². The predicted molar refractivity (Wildman–Crippen MR) is 124 cm³/mol. The van der Waals surface area contributed by atoms with Gasteiger partial charge in [0.15, 0.2) is 0 Å². The van der Waals surface area contributed by atoms with Crippen molar-refractivity contribution >= 4 is 41.8 Å². The van der Waals surface area contributed by atoms with E-state index in [9.17, 15) is 19.6 Å². The van der Waals surface area contributed by atoms with Gasteiger partial charge in [0.25, 0.3) is 5.91 Å². The van der Waals surface area contributed by atoms with Gasteiger partial charge < -0.3 is 31.7 Å². The van der Waals surface area contributed by atoms with Crippen LogP contribution < -0.4 is 27.1 Å². The van der Waals surface area contributed by atoms with Crippen LogP contribution in [0.1, 0.15) is 38.9 Å². The van der Waals surface area contributed by atoms with Crippen LogP contribution in [0.25, 0.3) is 0 Å². The number of fused-ring (bicyclic) bond motifs is 1. The number of hydrogen-bond donors (Lipinski definition) is 5. The van der Waals surface area contributed by atoms with Crippen molar-refractivity contribution in [2.75, 3.05) is 10.2 Å². The summed E-state index contributed by atoms with van der Waals surface area (Å²) in [5, 5.41) is 21.9. The van der Waals surface area contributed by atoms with Crippen LogP contribution in [0.5, 0.6) is 0 Å². The monoisotopic (exact) mass is 446 g/mol. The van der Waals surface area contributed by atoms with Gasteiger partial charge in [-0.2, -0.15) is 4.98 Å². The fourth-order valence-electron chi connectivity index (χ4n) is 3.99. The van der Waals surface area contributed by atoms with Gasteiger partial charge >= 0.3 is 7.12 Å². The van der Waals surface area contributed by atoms with E-state index in [1.54, 1.807) is 30.3 Å². The third kappa shape index (κ3) is 4.50. The summed E-state index contributed by atoms with van der Waals surface area (Å²) in [5.74, 6) is -0.577. The fraction of sp³-hybridized carbons (Fsp3) is 0.182. The molecular formula is C22H23BN6O4. The first-order chi connectivity index (χ1) is 15.7. The van der Waals surface area contributed by atoms with E-state index in [0.29, 0.717) is 29.8 Å². The van der Waals surface area contributed by atoms with E-state index in [2.05, 4.69) is 15.3 Å². The molecule has 1 aliphatic rings. The SMILES string of the molecule is CC1Cc2c(C(N)=O)cccc2N1c1nc(NCc2cccc(B(O)O)c2)cc(C(N)=O)n1. The number of nitrogens with two attached hydrogens (primary N) is 2. The maximum absolute atomic E-state index is 12.0. The third-order valence-corrected chi connectivity index (χ3v) is 5.52. The molecule has 2 heterocycles. The van der Waals surface area contributed by atoms with Gasteiger partial charge in [-0.3, -0.25) is 9.59 Å². The summed E-state index contributed by atoms with van der Waals surface area (Å²) in [6.45, 7) is 2.27. The normalized spacial score (nSPS) is 14.6. The summed E-state index contributed by atoms with van der Waals surface area (Å²) in [5.41, 5.74) is 14.2. The number of amides is 2. The van der Waals surface area contributed by atoms with Crippen molar-refractivity contribution < 1.29 is 19.6 Å². The average molecular weight is 446 g/mol. The van der Waals surface area contributed by atoms with Gasteiger partial charge in [-0.1, -0.05) is 30.3 Å². The van der Waals surface area contributed by atoms with Crippen LogP contribution >= 0.6 is 0 Å². The summed E-state index contributed by atoms with van der Waals surface area (Å²) in [4.78, 5) is 34.6. The highest BCUT2D eigenvalue weighted by Gasteiger charge is 2.32. The van der Waals surface area contributed by atoms with Crippen LogP contribution in [-0.2, 0) is 13.0 Å². The number of benzene rings is 2. The van der Waals surface area contributed by atoms with E-state index < -0.39 is 18.9 Å². The molecule has 0 spiro atoms. The first-order valence-electron chi connectivity index (χ1n) is 10.3. The highest BCUT2D eigenvalue weighted by Crippen LogP contribution is 2.38. The molecule has 0 saturated heterocycles. The second-order valence-corrected chi connectivity index (χ2v) is 7.87. The van der Waals surface area contributed by atoms with Gasteiger partial charge in [-0.15, -0.1) is 0 Å². The number of nitrogens with zero attached hydrogens (tertiary/aromatic N) is 3. The standard InChI is InChI=1S/C22H23BN6O4/c1-12-8-16-15(20(24)30)6-3-7-18(16)29(12)22-27-17(21(25)31)10-19(28-22)26-11-13-4-2-5-14(9-13)23(32)33/h2-7,9-10,12,32-33H,8,11H2,1H3,(H2,24,30)(H2,25,31)(H,26,27,28).